The van der Waals surface area contributed by atoms with Gasteiger partial charge in [-0.25, -0.2) is 0 Å². The van der Waals surface area contributed by atoms with Crippen molar-refractivity contribution in [1.82, 2.24) is 10.2 Å². The zero-order valence-corrected chi connectivity index (χ0v) is 11.9. The van der Waals surface area contributed by atoms with Gasteiger partial charge in [-0.1, -0.05) is 12.2 Å². The fourth-order valence-electron chi connectivity index (χ4n) is 2.97. The van der Waals surface area contributed by atoms with E-state index in [2.05, 4.69) is 5.32 Å². The predicted octanol–water partition coefficient (Wildman–Crippen LogP) is 0.690. The Morgan fingerprint density at radius 1 is 1.15 bits per heavy atom. The third kappa shape index (κ3) is 3.60. The molecule has 2 rings (SSSR count). The Labute approximate surface area is 120 Å². The number of hydrogen-bond donors (Lipinski definition) is 2. The first-order chi connectivity index (χ1) is 9.74. The maximum Gasteiger partial charge on any atom is 0.226 e. The lowest BCUT2D eigenvalue weighted by molar-refractivity contribution is -0.141. The number of rotatable bonds is 5. The van der Waals surface area contributed by atoms with Crippen LogP contribution in [0.15, 0.2) is 12.2 Å². The van der Waals surface area contributed by atoms with Crippen molar-refractivity contribution in [2.75, 3.05) is 26.2 Å². The first-order valence-corrected chi connectivity index (χ1v) is 7.56. The van der Waals surface area contributed by atoms with Crippen LogP contribution in [0.5, 0.6) is 0 Å². The van der Waals surface area contributed by atoms with E-state index in [1.807, 2.05) is 17.1 Å². The lowest BCUT2D eigenvalue weighted by Gasteiger charge is -2.30. The normalized spacial score (nSPS) is 25.8. The number of nitrogens with zero attached hydrogens (tertiary/aromatic N) is 1. The molecule has 20 heavy (non-hydrogen) atoms. The number of amides is 2. The summed E-state index contributed by atoms with van der Waals surface area (Å²) in [5.74, 6) is -0.395. The van der Waals surface area contributed by atoms with Crippen LogP contribution in [0.3, 0.4) is 0 Å². The van der Waals surface area contributed by atoms with Crippen molar-refractivity contribution in [3.63, 3.8) is 0 Å². The molecular weight excluding hydrogens is 256 g/mol. The standard InChI is InChI=1S/C15H24N2O3/c18-11-5-8-16-14(19)12-6-1-2-7-13(12)15(20)17-9-3-4-10-17/h1-2,12-13,18H,3-11H2,(H,16,19). The van der Waals surface area contributed by atoms with Crippen LogP contribution in [0.1, 0.15) is 32.1 Å². The summed E-state index contributed by atoms with van der Waals surface area (Å²) in [4.78, 5) is 26.6. The number of aliphatic hydroxyl groups excluding tert-OH is 1. The molecule has 2 aliphatic rings. The van der Waals surface area contributed by atoms with E-state index in [0.717, 1.165) is 25.9 Å². The fourth-order valence-corrected chi connectivity index (χ4v) is 2.97. The average Bonchev–Trinajstić information content (AvgIpc) is 3.01. The monoisotopic (exact) mass is 280 g/mol. The molecule has 2 unspecified atom stereocenters. The minimum atomic E-state index is -0.258. The number of nitrogens with one attached hydrogen (secondary N) is 1. The molecule has 5 heteroatoms. The molecule has 0 aromatic rings. The summed E-state index contributed by atoms with van der Waals surface area (Å²) in [5.41, 5.74) is 0. The Hall–Kier alpha value is -1.36. The second kappa shape index (κ2) is 7.43. The minimum Gasteiger partial charge on any atom is -0.396 e. The third-order valence-corrected chi connectivity index (χ3v) is 4.14. The highest BCUT2D eigenvalue weighted by Gasteiger charge is 2.36. The number of carbonyl (C=O) groups is 2. The van der Waals surface area contributed by atoms with E-state index in [1.54, 1.807) is 0 Å². The summed E-state index contributed by atoms with van der Waals surface area (Å²) in [6.45, 7) is 2.21. The van der Waals surface area contributed by atoms with Crippen LogP contribution in [-0.2, 0) is 9.59 Å². The summed E-state index contributed by atoms with van der Waals surface area (Å²) >= 11 is 0. The molecule has 0 bridgehead atoms. The van der Waals surface area contributed by atoms with Gasteiger partial charge in [0.25, 0.3) is 0 Å². The van der Waals surface area contributed by atoms with Gasteiger partial charge >= 0.3 is 0 Å². The number of likely N-dealkylation sites (tertiary alicyclic amines) is 1. The second-order valence-electron chi connectivity index (χ2n) is 5.56. The molecular formula is C15H24N2O3. The molecule has 1 heterocycles. The van der Waals surface area contributed by atoms with Gasteiger partial charge in [-0.2, -0.15) is 0 Å². The zero-order chi connectivity index (χ0) is 14.4. The summed E-state index contributed by atoms with van der Waals surface area (Å²) in [6.07, 6.45) is 7.99. The molecule has 1 fully saturated rings. The third-order valence-electron chi connectivity index (χ3n) is 4.14. The molecule has 0 aromatic carbocycles. The van der Waals surface area contributed by atoms with Crippen LogP contribution in [0.25, 0.3) is 0 Å². The van der Waals surface area contributed by atoms with Crippen LogP contribution >= 0.6 is 0 Å². The minimum absolute atomic E-state index is 0.0552. The van der Waals surface area contributed by atoms with Gasteiger partial charge in [-0.15, -0.1) is 0 Å². The van der Waals surface area contributed by atoms with E-state index >= 15 is 0 Å². The molecule has 0 spiro atoms. The van der Waals surface area contributed by atoms with Gasteiger partial charge in [0.1, 0.15) is 0 Å². The molecule has 0 radical (unpaired) electrons. The average molecular weight is 280 g/mol. The van der Waals surface area contributed by atoms with Crippen molar-refractivity contribution in [2.24, 2.45) is 11.8 Å². The van der Waals surface area contributed by atoms with E-state index in [0.29, 0.717) is 25.8 Å². The number of allylic oxidation sites excluding steroid dienone is 2. The Morgan fingerprint density at radius 3 is 2.45 bits per heavy atom. The molecule has 1 aliphatic carbocycles. The molecule has 2 atom stereocenters. The van der Waals surface area contributed by atoms with Gasteiger partial charge < -0.3 is 15.3 Å². The highest BCUT2D eigenvalue weighted by molar-refractivity contribution is 5.88. The summed E-state index contributed by atoms with van der Waals surface area (Å²) < 4.78 is 0. The molecule has 1 aliphatic heterocycles. The largest absolute Gasteiger partial charge is 0.396 e. The molecule has 112 valence electrons. The maximum atomic E-state index is 12.5. The SMILES string of the molecule is O=C(NCCCO)C1CC=CCC1C(=O)N1CCCC1. The van der Waals surface area contributed by atoms with E-state index in [9.17, 15) is 9.59 Å². The Balaban J connectivity index is 1.95. The molecule has 5 nitrogen and oxygen atoms in total. The highest BCUT2D eigenvalue weighted by Crippen LogP contribution is 2.28. The van der Waals surface area contributed by atoms with Gasteiger partial charge in [0.15, 0.2) is 0 Å². The van der Waals surface area contributed by atoms with Gasteiger partial charge in [0.05, 0.1) is 11.8 Å². The fraction of sp³-hybridized carbons (Fsp3) is 0.733. The van der Waals surface area contributed by atoms with Gasteiger partial charge in [0.2, 0.25) is 11.8 Å². The van der Waals surface area contributed by atoms with E-state index < -0.39 is 0 Å². The van der Waals surface area contributed by atoms with Crippen LogP contribution < -0.4 is 5.32 Å². The van der Waals surface area contributed by atoms with Crippen molar-refractivity contribution in [3.8, 4) is 0 Å². The van der Waals surface area contributed by atoms with Crippen molar-refractivity contribution < 1.29 is 14.7 Å². The summed E-state index contributed by atoms with van der Waals surface area (Å²) in [6, 6.07) is 0. The van der Waals surface area contributed by atoms with Gasteiger partial charge in [-0.3, -0.25) is 9.59 Å². The van der Waals surface area contributed by atoms with Crippen LogP contribution in [0.2, 0.25) is 0 Å². The quantitative estimate of drug-likeness (QED) is 0.575. The lowest BCUT2D eigenvalue weighted by Crippen LogP contribution is -2.44. The van der Waals surface area contributed by atoms with Crippen LogP contribution in [-0.4, -0.2) is 48.1 Å². The highest BCUT2D eigenvalue weighted by atomic mass is 16.3. The lowest BCUT2D eigenvalue weighted by atomic mass is 9.81. The molecule has 2 amide bonds. The Morgan fingerprint density at radius 2 is 1.80 bits per heavy atom. The van der Waals surface area contributed by atoms with Crippen molar-refractivity contribution in [3.05, 3.63) is 12.2 Å². The van der Waals surface area contributed by atoms with Crippen molar-refractivity contribution >= 4 is 11.8 Å². The number of hydrogen-bond acceptors (Lipinski definition) is 3. The zero-order valence-electron chi connectivity index (χ0n) is 11.9. The Kier molecular flexibility index (Phi) is 5.59. The van der Waals surface area contributed by atoms with E-state index in [-0.39, 0.29) is 30.3 Å². The van der Waals surface area contributed by atoms with E-state index in [4.69, 9.17) is 5.11 Å². The first kappa shape index (κ1) is 15.0. The summed E-state index contributed by atoms with van der Waals surface area (Å²) in [7, 11) is 0. The number of aliphatic hydroxyl groups is 1. The first-order valence-electron chi connectivity index (χ1n) is 7.56. The predicted molar refractivity (Wildman–Crippen MR) is 75.9 cm³/mol. The number of carbonyl (C=O) groups excluding carboxylic acids is 2. The molecule has 0 saturated carbocycles. The summed E-state index contributed by atoms with van der Waals surface area (Å²) in [5, 5.41) is 11.6. The smallest absolute Gasteiger partial charge is 0.226 e. The van der Waals surface area contributed by atoms with Crippen molar-refractivity contribution in [1.29, 1.82) is 0 Å². The second-order valence-corrected chi connectivity index (χ2v) is 5.56. The Bertz CT molecular complexity index is 375. The maximum absolute atomic E-state index is 12.5. The van der Waals surface area contributed by atoms with Crippen LogP contribution in [0.4, 0.5) is 0 Å². The molecule has 2 N–H and O–H groups in total. The van der Waals surface area contributed by atoms with Crippen molar-refractivity contribution in [2.45, 2.75) is 32.1 Å². The topological polar surface area (TPSA) is 69.6 Å². The van der Waals surface area contributed by atoms with Gasteiger partial charge in [0, 0.05) is 26.2 Å². The van der Waals surface area contributed by atoms with Crippen LogP contribution in [0, 0.1) is 11.8 Å². The van der Waals surface area contributed by atoms with E-state index in [1.165, 1.54) is 0 Å². The molecule has 0 aromatic heterocycles. The van der Waals surface area contributed by atoms with Gasteiger partial charge in [-0.05, 0) is 32.1 Å². The molecule has 1 saturated heterocycles.